The van der Waals surface area contributed by atoms with Crippen LogP contribution in [-0.2, 0) is 6.42 Å². The molecule has 0 unspecified atom stereocenters. The van der Waals surface area contributed by atoms with E-state index in [1.54, 1.807) is 0 Å². The van der Waals surface area contributed by atoms with Gasteiger partial charge in [0.25, 0.3) is 0 Å². The maximum absolute atomic E-state index is 3.70. The zero-order valence-corrected chi connectivity index (χ0v) is 6.30. The van der Waals surface area contributed by atoms with Crippen LogP contribution >= 0.6 is 0 Å². The van der Waals surface area contributed by atoms with Crippen molar-refractivity contribution in [2.24, 2.45) is 0 Å². The number of benzene rings is 1. The standard InChI is InChI=1S/C10H12.Ca.2H/c1-3-6-10-8-5-4-7-9(10)2;;;/h3-5,7-8H,1,6H2,2H3;;;. The Bertz CT molecular complexity index is 228. The van der Waals surface area contributed by atoms with E-state index in [0.29, 0.717) is 0 Å². The quantitative estimate of drug-likeness (QED) is 0.474. The maximum atomic E-state index is 3.70. The van der Waals surface area contributed by atoms with Crippen LogP contribution in [-0.4, -0.2) is 37.7 Å². The Kier molecular flexibility index (Phi) is 5.93. The molecule has 0 heterocycles. The van der Waals surface area contributed by atoms with Crippen molar-refractivity contribution in [3.8, 4) is 0 Å². The number of hydrogen-bond acceptors (Lipinski definition) is 0. The minimum atomic E-state index is 0. The van der Waals surface area contributed by atoms with E-state index in [2.05, 4.69) is 37.8 Å². The fraction of sp³-hybridized carbons (Fsp3) is 0.200. The van der Waals surface area contributed by atoms with Gasteiger partial charge in [0.05, 0.1) is 0 Å². The first-order valence-electron chi connectivity index (χ1n) is 3.50. The Morgan fingerprint density at radius 1 is 1.36 bits per heavy atom. The van der Waals surface area contributed by atoms with Crippen molar-refractivity contribution in [2.75, 3.05) is 0 Å². The molecule has 0 aromatic heterocycles. The molecule has 1 heteroatoms. The molecular weight excluding hydrogens is 160 g/mol. The molecule has 0 saturated heterocycles. The van der Waals surface area contributed by atoms with Crippen molar-refractivity contribution in [1.29, 1.82) is 0 Å². The third-order valence-electron chi connectivity index (χ3n) is 1.63. The van der Waals surface area contributed by atoms with E-state index in [1.165, 1.54) is 11.1 Å². The van der Waals surface area contributed by atoms with Crippen LogP contribution in [0.25, 0.3) is 0 Å². The summed E-state index contributed by atoms with van der Waals surface area (Å²) in [5, 5.41) is 0. The van der Waals surface area contributed by atoms with Crippen molar-refractivity contribution < 1.29 is 0 Å². The summed E-state index contributed by atoms with van der Waals surface area (Å²) in [5.41, 5.74) is 2.72. The zero-order valence-electron chi connectivity index (χ0n) is 6.30. The summed E-state index contributed by atoms with van der Waals surface area (Å²) in [7, 11) is 0. The molecule has 0 bridgehead atoms. The first kappa shape index (κ1) is 11.2. The third-order valence-corrected chi connectivity index (χ3v) is 1.63. The van der Waals surface area contributed by atoms with Gasteiger partial charge in [-0.05, 0) is 24.5 Å². The first-order valence-corrected chi connectivity index (χ1v) is 3.50. The molecule has 0 spiro atoms. The summed E-state index contributed by atoms with van der Waals surface area (Å²) < 4.78 is 0. The third kappa shape index (κ3) is 3.41. The molecule has 56 valence electrons. The molecular formula is C10H14Ca. The molecule has 0 saturated carbocycles. The summed E-state index contributed by atoms with van der Waals surface area (Å²) in [5.74, 6) is 0. The first-order chi connectivity index (χ1) is 4.84. The summed E-state index contributed by atoms with van der Waals surface area (Å²) in [4.78, 5) is 0. The molecule has 0 amide bonds. The second-order valence-electron chi connectivity index (χ2n) is 2.42. The van der Waals surface area contributed by atoms with Crippen molar-refractivity contribution >= 4 is 37.7 Å². The molecule has 1 aromatic rings. The normalized spacial score (nSPS) is 8.45. The van der Waals surface area contributed by atoms with E-state index >= 15 is 0 Å². The molecule has 0 aliphatic carbocycles. The van der Waals surface area contributed by atoms with Crippen LogP contribution in [0.15, 0.2) is 36.9 Å². The summed E-state index contributed by atoms with van der Waals surface area (Å²) in [6, 6.07) is 8.38. The topological polar surface area (TPSA) is 0 Å². The predicted octanol–water partition coefficient (Wildman–Crippen LogP) is 1.81. The molecule has 0 N–H and O–H groups in total. The molecule has 0 atom stereocenters. The van der Waals surface area contributed by atoms with Gasteiger partial charge in [0.15, 0.2) is 0 Å². The van der Waals surface area contributed by atoms with Crippen molar-refractivity contribution in [2.45, 2.75) is 13.3 Å². The van der Waals surface area contributed by atoms with Crippen LogP contribution in [0.3, 0.4) is 0 Å². The van der Waals surface area contributed by atoms with Crippen molar-refractivity contribution in [1.82, 2.24) is 0 Å². The molecule has 0 nitrogen and oxygen atoms in total. The SMILES string of the molecule is C=CCc1ccccc1C.[CaH2]. The average Bonchev–Trinajstić information content (AvgIpc) is 1.94. The number of allylic oxidation sites excluding steroid dienone is 1. The van der Waals surface area contributed by atoms with E-state index < -0.39 is 0 Å². The number of aryl methyl sites for hydroxylation is 1. The molecule has 0 radical (unpaired) electrons. The van der Waals surface area contributed by atoms with Gasteiger partial charge < -0.3 is 0 Å². The molecule has 1 rings (SSSR count). The molecule has 0 aliphatic heterocycles. The fourth-order valence-electron chi connectivity index (χ4n) is 0.995. The van der Waals surface area contributed by atoms with E-state index in [-0.39, 0.29) is 37.7 Å². The Balaban J connectivity index is 0.000001000. The van der Waals surface area contributed by atoms with Gasteiger partial charge in [0.2, 0.25) is 0 Å². The van der Waals surface area contributed by atoms with Gasteiger partial charge in [-0.1, -0.05) is 30.3 Å². The fourth-order valence-corrected chi connectivity index (χ4v) is 0.995. The molecule has 0 fully saturated rings. The van der Waals surface area contributed by atoms with E-state index in [9.17, 15) is 0 Å². The predicted molar refractivity (Wildman–Crippen MR) is 53.6 cm³/mol. The summed E-state index contributed by atoms with van der Waals surface area (Å²) in [6.07, 6.45) is 2.91. The second-order valence-corrected chi connectivity index (χ2v) is 2.42. The van der Waals surface area contributed by atoms with Crippen molar-refractivity contribution in [3.63, 3.8) is 0 Å². The Morgan fingerprint density at radius 3 is 2.55 bits per heavy atom. The number of hydrogen-bond donors (Lipinski definition) is 0. The van der Waals surface area contributed by atoms with Crippen LogP contribution in [0, 0.1) is 6.92 Å². The Morgan fingerprint density at radius 2 is 2.00 bits per heavy atom. The number of rotatable bonds is 2. The van der Waals surface area contributed by atoms with Crippen LogP contribution in [0.5, 0.6) is 0 Å². The second kappa shape index (κ2) is 5.82. The van der Waals surface area contributed by atoms with Gasteiger partial charge >= 0.3 is 37.7 Å². The van der Waals surface area contributed by atoms with Crippen LogP contribution < -0.4 is 0 Å². The van der Waals surface area contributed by atoms with E-state index in [1.807, 2.05) is 6.08 Å². The summed E-state index contributed by atoms with van der Waals surface area (Å²) in [6.45, 7) is 5.82. The Labute approximate surface area is 98.3 Å². The minimum absolute atomic E-state index is 0. The zero-order chi connectivity index (χ0) is 7.40. The van der Waals surface area contributed by atoms with E-state index in [0.717, 1.165) is 6.42 Å². The van der Waals surface area contributed by atoms with Crippen LogP contribution in [0.4, 0.5) is 0 Å². The van der Waals surface area contributed by atoms with Gasteiger partial charge in [-0.2, -0.15) is 0 Å². The molecule has 11 heavy (non-hydrogen) atoms. The van der Waals surface area contributed by atoms with Gasteiger partial charge in [0.1, 0.15) is 0 Å². The monoisotopic (exact) mass is 174 g/mol. The molecule has 1 aromatic carbocycles. The van der Waals surface area contributed by atoms with Crippen molar-refractivity contribution in [3.05, 3.63) is 48.0 Å². The van der Waals surface area contributed by atoms with Crippen LogP contribution in [0.1, 0.15) is 11.1 Å². The van der Waals surface area contributed by atoms with Gasteiger partial charge in [0, 0.05) is 0 Å². The van der Waals surface area contributed by atoms with Gasteiger partial charge in [-0.15, -0.1) is 6.58 Å². The van der Waals surface area contributed by atoms with Gasteiger partial charge in [-0.3, -0.25) is 0 Å². The Hall–Kier alpha value is 0.220. The summed E-state index contributed by atoms with van der Waals surface area (Å²) >= 11 is 0. The average molecular weight is 174 g/mol. The van der Waals surface area contributed by atoms with Gasteiger partial charge in [-0.25, -0.2) is 0 Å². The molecule has 0 aliphatic rings. The van der Waals surface area contributed by atoms with Crippen LogP contribution in [0.2, 0.25) is 0 Å². The van der Waals surface area contributed by atoms with E-state index in [4.69, 9.17) is 0 Å².